The SMILES string of the molecule is Cc1ccc(CNc2ncc(-c3ccc(C)c(C)c3)n2C)o1. The van der Waals surface area contributed by atoms with Gasteiger partial charge < -0.3 is 14.3 Å². The lowest BCUT2D eigenvalue weighted by molar-refractivity contribution is 0.490. The van der Waals surface area contributed by atoms with Crippen LogP contribution in [0.3, 0.4) is 0 Å². The van der Waals surface area contributed by atoms with Crippen molar-refractivity contribution in [2.24, 2.45) is 7.05 Å². The van der Waals surface area contributed by atoms with Crippen molar-refractivity contribution in [1.29, 1.82) is 0 Å². The van der Waals surface area contributed by atoms with Crippen LogP contribution in [0.4, 0.5) is 5.95 Å². The number of benzene rings is 1. The molecule has 0 saturated carbocycles. The molecule has 0 spiro atoms. The third-order valence-corrected chi connectivity index (χ3v) is 4.01. The van der Waals surface area contributed by atoms with E-state index < -0.39 is 0 Å². The lowest BCUT2D eigenvalue weighted by Gasteiger charge is -2.09. The molecule has 3 aromatic rings. The number of rotatable bonds is 4. The predicted octanol–water partition coefficient (Wildman–Crippen LogP) is 4.22. The molecule has 4 heteroatoms. The zero-order valence-corrected chi connectivity index (χ0v) is 13.5. The lowest BCUT2D eigenvalue weighted by atomic mass is 10.0. The molecule has 0 bridgehead atoms. The summed E-state index contributed by atoms with van der Waals surface area (Å²) in [5.74, 6) is 2.67. The van der Waals surface area contributed by atoms with Gasteiger partial charge in [0.2, 0.25) is 5.95 Å². The summed E-state index contributed by atoms with van der Waals surface area (Å²) in [7, 11) is 2.02. The minimum absolute atomic E-state index is 0.630. The van der Waals surface area contributed by atoms with Crippen LogP contribution in [0.2, 0.25) is 0 Å². The maximum atomic E-state index is 5.57. The van der Waals surface area contributed by atoms with Crippen LogP contribution in [0.15, 0.2) is 40.9 Å². The Morgan fingerprint density at radius 3 is 2.59 bits per heavy atom. The minimum Gasteiger partial charge on any atom is -0.465 e. The van der Waals surface area contributed by atoms with E-state index in [1.165, 1.54) is 16.7 Å². The maximum absolute atomic E-state index is 5.57. The molecule has 0 saturated heterocycles. The summed E-state index contributed by atoms with van der Waals surface area (Å²) in [6.07, 6.45) is 1.90. The van der Waals surface area contributed by atoms with Crippen molar-refractivity contribution in [1.82, 2.24) is 9.55 Å². The number of hydrogen-bond acceptors (Lipinski definition) is 3. The molecule has 0 radical (unpaired) electrons. The molecule has 0 fully saturated rings. The molecule has 0 unspecified atom stereocenters. The van der Waals surface area contributed by atoms with Crippen LogP contribution in [0.5, 0.6) is 0 Å². The van der Waals surface area contributed by atoms with Crippen LogP contribution in [0, 0.1) is 20.8 Å². The normalized spacial score (nSPS) is 10.9. The van der Waals surface area contributed by atoms with Gasteiger partial charge in [0.25, 0.3) is 0 Å². The van der Waals surface area contributed by atoms with Crippen molar-refractivity contribution in [3.63, 3.8) is 0 Å². The molecule has 1 aromatic carbocycles. The first-order chi connectivity index (χ1) is 10.5. The monoisotopic (exact) mass is 295 g/mol. The largest absolute Gasteiger partial charge is 0.465 e. The van der Waals surface area contributed by atoms with E-state index in [9.17, 15) is 0 Å². The van der Waals surface area contributed by atoms with Crippen molar-refractivity contribution in [3.05, 3.63) is 59.2 Å². The van der Waals surface area contributed by atoms with Crippen molar-refractivity contribution in [2.45, 2.75) is 27.3 Å². The number of nitrogens with zero attached hydrogens (tertiary/aromatic N) is 2. The van der Waals surface area contributed by atoms with Crippen LogP contribution in [-0.4, -0.2) is 9.55 Å². The van der Waals surface area contributed by atoms with Gasteiger partial charge >= 0.3 is 0 Å². The van der Waals surface area contributed by atoms with Crippen molar-refractivity contribution >= 4 is 5.95 Å². The average Bonchev–Trinajstić information content (AvgIpc) is 3.06. The van der Waals surface area contributed by atoms with Gasteiger partial charge in [-0.3, -0.25) is 0 Å². The van der Waals surface area contributed by atoms with Crippen molar-refractivity contribution < 1.29 is 4.42 Å². The first-order valence-corrected chi connectivity index (χ1v) is 7.43. The van der Waals surface area contributed by atoms with Gasteiger partial charge in [-0.1, -0.05) is 12.1 Å². The van der Waals surface area contributed by atoms with Gasteiger partial charge in [-0.2, -0.15) is 0 Å². The quantitative estimate of drug-likeness (QED) is 0.783. The standard InChI is InChI=1S/C18H21N3O/c1-12-5-7-15(9-13(12)2)17-11-20-18(21(17)4)19-10-16-8-6-14(3)22-16/h5-9,11H,10H2,1-4H3,(H,19,20). The molecule has 0 aliphatic heterocycles. The summed E-state index contributed by atoms with van der Waals surface area (Å²) in [6.45, 7) is 6.83. The van der Waals surface area contributed by atoms with E-state index in [2.05, 4.69) is 46.9 Å². The Bertz CT molecular complexity index is 799. The molecule has 0 aliphatic carbocycles. The molecule has 114 valence electrons. The number of imidazole rings is 1. The average molecular weight is 295 g/mol. The van der Waals surface area contributed by atoms with E-state index in [-0.39, 0.29) is 0 Å². The Hall–Kier alpha value is -2.49. The molecule has 2 aromatic heterocycles. The Labute approximate surface area is 130 Å². The van der Waals surface area contributed by atoms with E-state index >= 15 is 0 Å². The van der Waals surface area contributed by atoms with E-state index in [0.29, 0.717) is 6.54 Å². The Kier molecular flexibility index (Phi) is 3.75. The molecule has 0 amide bonds. The molecule has 22 heavy (non-hydrogen) atoms. The molecular weight excluding hydrogens is 274 g/mol. The second kappa shape index (κ2) is 5.72. The molecule has 1 N–H and O–H groups in total. The van der Waals surface area contributed by atoms with E-state index in [0.717, 1.165) is 23.2 Å². The van der Waals surface area contributed by atoms with Crippen LogP contribution >= 0.6 is 0 Å². The molecular formula is C18H21N3O. The number of furan rings is 1. The van der Waals surface area contributed by atoms with Gasteiger partial charge in [-0.05, 0) is 50.1 Å². The molecule has 4 nitrogen and oxygen atoms in total. The smallest absolute Gasteiger partial charge is 0.203 e. The summed E-state index contributed by atoms with van der Waals surface area (Å²) < 4.78 is 7.64. The number of aromatic nitrogens is 2. The van der Waals surface area contributed by atoms with Crippen LogP contribution in [0.25, 0.3) is 11.3 Å². The van der Waals surface area contributed by atoms with Gasteiger partial charge in [-0.25, -0.2) is 4.98 Å². The second-order valence-corrected chi connectivity index (χ2v) is 5.69. The maximum Gasteiger partial charge on any atom is 0.203 e. The lowest BCUT2D eigenvalue weighted by Crippen LogP contribution is -2.05. The molecule has 0 aliphatic rings. The predicted molar refractivity (Wildman–Crippen MR) is 88.9 cm³/mol. The van der Waals surface area contributed by atoms with Crippen molar-refractivity contribution in [3.8, 4) is 11.3 Å². The second-order valence-electron chi connectivity index (χ2n) is 5.69. The first-order valence-electron chi connectivity index (χ1n) is 7.43. The Balaban J connectivity index is 1.80. The number of nitrogens with one attached hydrogen (secondary N) is 1. The number of aryl methyl sites for hydroxylation is 3. The summed E-state index contributed by atoms with van der Waals surface area (Å²) in [5, 5.41) is 3.32. The van der Waals surface area contributed by atoms with E-state index in [1.807, 2.05) is 32.3 Å². The number of hydrogen-bond donors (Lipinski definition) is 1. The summed E-state index contributed by atoms with van der Waals surface area (Å²) >= 11 is 0. The third kappa shape index (κ3) is 2.77. The highest BCUT2D eigenvalue weighted by Gasteiger charge is 2.09. The highest BCUT2D eigenvalue weighted by Crippen LogP contribution is 2.24. The zero-order valence-electron chi connectivity index (χ0n) is 13.5. The molecule has 3 rings (SSSR count). The van der Waals surface area contributed by atoms with Gasteiger partial charge in [0.15, 0.2) is 0 Å². The first kappa shape index (κ1) is 14.4. The van der Waals surface area contributed by atoms with Crippen LogP contribution < -0.4 is 5.32 Å². The zero-order chi connectivity index (χ0) is 15.7. The minimum atomic E-state index is 0.630. The highest BCUT2D eigenvalue weighted by atomic mass is 16.3. The fourth-order valence-corrected chi connectivity index (χ4v) is 2.49. The Morgan fingerprint density at radius 1 is 1.09 bits per heavy atom. The summed E-state index contributed by atoms with van der Waals surface area (Å²) in [4.78, 5) is 4.48. The third-order valence-electron chi connectivity index (χ3n) is 4.01. The van der Waals surface area contributed by atoms with E-state index in [4.69, 9.17) is 4.42 Å². The topological polar surface area (TPSA) is 43.0 Å². The van der Waals surface area contributed by atoms with Crippen LogP contribution in [-0.2, 0) is 13.6 Å². The highest BCUT2D eigenvalue weighted by molar-refractivity contribution is 5.63. The number of anilines is 1. The summed E-state index contributed by atoms with van der Waals surface area (Å²) in [6, 6.07) is 10.4. The summed E-state index contributed by atoms with van der Waals surface area (Å²) in [5.41, 5.74) is 4.87. The van der Waals surface area contributed by atoms with Gasteiger partial charge in [0.05, 0.1) is 18.4 Å². The van der Waals surface area contributed by atoms with E-state index in [1.54, 1.807) is 0 Å². The molecule has 0 atom stereocenters. The van der Waals surface area contributed by atoms with Crippen LogP contribution in [0.1, 0.15) is 22.6 Å². The van der Waals surface area contributed by atoms with Crippen molar-refractivity contribution in [2.75, 3.05) is 5.32 Å². The molecule has 2 heterocycles. The van der Waals surface area contributed by atoms with Gasteiger partial charge in [-0.15, -0.1) is 0 Å². The van der Waals surface area contributed by atoms with Gasteiger partial charge in [0, 0.05) is 12.6 Å². The van der Waals surface area contributed by atoms with Gasteiger partial charge in [0.1, 0.15) is 11.5 Å². The Morgan fingerprint density at radius 2 is 1.91 bits per heavy atom. The fourth-order valence-electron chi connectivity index (χ4n) is 2.49. The fraction of sp³-hybridized carbons (Fsp3) is 0.278.